The van der Waals surface area contributed by atoms with Gasteiger partial charge in [0.05, 0.1) is 0 Å². The quantitative estimate of drug-likeness (QED) is 0.825. The van der Waals surface area contributed by atoms with Crippen LogP contribution in [-0.4, -0.2) is 0 Å². The summed E-state index contributed by atoms with van der Waals surface area (Å²) in [5.41, 5.74) is 9.17. The van der Waals surface area contributed by atoms with Crippen molar-refractivity contribution in [3.8, 4) is 0 Å². The second-order valence-corrected chi connectivity index (χ2v) is 6.37. The first-order valence-corrected chi connectivity index (χ1v) is 7.43. The molecule has 1 unspecified atom stereocenters. The molecule has 1 aromatic rings. The van der Waals surface area contributed by atoms with Crippen molar-refractivity contribution in [1.82, 2.24) is 0 Å². The van der Waals surface area contributed by atoms with Crippen LogP contribution in [0.1, 0.15) is 69.5 Å². The molecule has 2 rings (SSSR count). The van der Waals surface area contributed by atoms with Crippen LogP contribution in [0.15, 0.2) is 24.3 Å². The van der Waals surface area contributed by atoms with Gasteiger partial charge in [0.15, 0.2) is 0 Å². The molecule has 1 nitrogen and oxygen atoms in total. The summed E-state index contributed by atoms with van der Waals surface area (Å²) >= 11 is 0. The fraction of sp³-hybridized carbons (Fsp3) is 0.647. The highest BCUT2D eigenvalue weighted by atomic mass is 14.7. The maximum Gasteiger partial charge on any atom is 0.0323 e. The van der Waals surface area contributed by atoms with Gasteiger partial charge in [-0.25, -0.2) is 0 Å². The molecule has 0 aliphatic heterocycles. The lowest BCUT2D eigenvalue weighted by atomic mass is 9.77. The summed E-state index contributed by atoms with van der Waals surface area (Å²) in [6, 6.07) is 9.19. The fourth-order valence-corrected chi connectivity index (χ4v) is 3.02. The lowest BCUT2D eigenvalue weighted by Crippen LogP contribution is -2.25. The van der Waals surface area contributed by atoms with Gasteiger partial charge in [-0.2, -0.15) is 0 Å². The zero-order valence-corrected chi connectivity index (χ0v) is 12.0. The van der Waals surface area contributed by atoms with E-state index in [2.05, 4.69) is 45.0 Å². The Balaban J connectivity index is 2.02. The molecule has 1 fully saturated rings. The van der Waals surface area contributed by atoms with E-state index >= 15 is 0 Å². The summed E-state index contributed by atoms with van der Waals surface area (Å²) < 4.78 is 0. The third kappa shape index (κ3) is 3.14. The average molecular weight is 245 g/mol. The first kappa shape index (κ1) is 13.6. The van der Waals surface area contributed by atoms with E-state index in [1.807, 2.05) is 0 Å². The number of hydrogen-bond donors (Lipinski definition) is 1. The van der Waals surface area contributed by atoms with E-state index in [-0.39, 0.29) is 6.04 Å². The van der Waals surface area contributed by atoms with Gasteiger partial charge >= 0.3 is 0 Å². The summed E-state index contributed by atoms with van der Waals surface area (Å²) in [6.45, 7) is 6.83. The van der Waals surface area contributed by atoms with E-state index in [1.165, 1.54) is 36.8 Å². The van der Waals surface area contributed by atoms with Crippen LogP contribution in [0.3, 0.4) is 0 Å². The largest absolute Gasteiger partial charge is 0.324 e. The van der Waals surface area contributed by atoms with Crippen molar-refractivity contribution in [1.29, 1.82) is 0 Å². The molecular weight excluding hydrogens is 218 g/mol. The lowest BCUT2D eigenvalue weighted by molar-refractivity contribution is 0.256. The zero-order chi connectivity index (χ0) is 13.1. The minimum Gasteiger partial charge on any atom is -0.324 e. The predicted molar refractivity (Wildman–Crippen MR) is 78.6 cm³/mol. The van der Waals surface area contributed by atoms with Crippen molar-refractivity contribution in [3.63, 3.8) is 0 Å². The number of benzene rings is 1. The van der Waals surface area contributed by atoms with Crippen LogP contribution in [0.5, 0.6) is 0 Å². The first-order chi connectivity index (χ1) is 8.58. The standard InChI is InChI=1S/C17H27N/c1-12(2)14-8-10-16(11-9-14)17(18)15-6-4-13(3)5-7-15/h8-13,15,17H,4-7,18H2,1-3H3. The summed E-state index contributed by atoms with van der Waals surface area (Å²) in [6.07, 6.45) is 5.30. The molecule has 2 N–H and O–H groups in total. The summed E-state index contributed by atoms with van der Waals surface area (Å²) in [4.78, 5) is 0. The molecule has 0 bridgehead atoms. The molecule has 1 aliphatic carbocycles. The second-order valence-electron chi connectivity index (χ2n) is 6.37. The van der Waals surface area contributed by atoms with Gasteiger partial charge < -0.3 is 5.73 Å². The van der Waals surface area contributed by atoms with Gasteiger partial charge in [-0.15, -0.1) is 0 Å². The predicted octanol–water partition coefficient (Wildman–Crippen LogP) is 4.64. The Morgan fingerprint density at radius 2 is 1.44 bits per heavy atom. The van der Waals surface area contributed by atoms with Gasteiger partial charge in [0.2, 0.25) is 0 Å². The van der Waals surface area contributed by atoms with Crippen molar-refractivity contribution in [2.45, 2.75) is 58.4 Å². The molecule has 18 heavy (non-hydrogen) atoms. The number of hydrogen-bond acceptors (Lipinski definition) is 1. The topological polar surface area (TPSA) is 26.0 Å². The molecular formula is C17H27N. The minimum atomic E-state index is 0.235. The maximum absolute atomic E-state index is 6.44. The highest BCUT2D eigenvalue weighted by molar-refractivity contribution is 5.27. The Morgan fingerprint density at radius 3 is 1.94 bits per heavy atom. The van der Waals surface area contributed by atoms with E-state index in [0.717, 1.165) is 5.92 Å². The average Bonchev–Trinajstić information content (AvgIpc) is 2.39. The van der Waals surface area contributed by atoms with Crippen molar-refractivity contribution >= 4 is 0 Å². The minimum absolute atomic E-state index is 0.235. The Hall–Kier alpha value is -0.820. The normalized spacial score (nSPS) is 26.3. The van der Waals surface area contributed by atoms with Gasteiger partial charge in [-0.05, 0) is 41.7 Å². The van der Waals surface area contributed by atoms with Crippen LogP contribution in [-0.2, 0) is 0 Å². The molecule has 0 saturated heterocycles. The molecule has 1 aliphatic rings. The third-order valence-electron chi connectivity index (χ3n) is 4.56. The molecule has 1 saturated carbocycles. The van der Waals surface area contributed by atoms with Crippen LogP contribution in [0, 0.1) is 11.8 Å². The molecule has 0 spiro atoms. The third-order valence-corrected chi connectivity index (χ3v) is 4.56. The van der Waals surface area contributed by atoms with Crippen LogP contribution in [0.4, 0.5) is 0 Å². The maximum atomic E-state index is 6.44. The van der Waals surface area contributed by atoms with Crippen molar-refractivity contribution in [2.75, 3.05) is 0 Å². The Bertz CT molecular complexity index is 358. The molecule has 1 aromatic carbocycles. The molecule has 0 amide bonds. The van der Waals surface area contributed by atoms with Crippen molar-refractivity contribution < 1.29 is 0 Å². The molecule has 1 heteroatoms. The highest BCUT2D eigenvalue weighted by Crippen LogP contribution is 2.35. The highest BCUT2D eigenvalue weighted by Gasteiger charge is 2.24. The van der Waals surface area contributed by atoms with Crippen molar-refractivity contribution in [2.24, 2.45) is 17.6 Å². The van der Waals surface area contributed by atoms with Crippen LogP contribution >= 0.6 is 0 Å². The number of rotatable bonds is 3. The van der Waals surface area contributed by atoms with Crippen molar-refractivity contribution in [3.05, 3.63) is 35.4 Å². The van der Waals surface area contributed by atoms with Crippen LogP contribution in [0.2, 0.25) is 0 Å². The van der Waals surface area contributed by atoms with E-state index in [4.69, 9.17) is 5.73 Å². The van der Waals surface area contributed by atoms with E-state index in [0.29, 0.717) is 11.8 Å². The summed E-state index contributed by atoms with van der Waals surface area (Å²) in [5, 5.41) is 0. The molecule has 100 valence electrons. The molecule has 0 aromatic heterocycles. The van der Waals surface area contributed by atoms with Gasteiger partial charge in [-0.3, -0.25) is 0 Å². The van der Waals surface area contributed by atoms with Gasteiger partial charge in [-0.1, -0.05) is 57.9 Å². The molecule has 0 radical (unpaired) electrons. The first-order valence-electron chi connectivity index (χ1n) is 7.43. The van der Waals surface area contributed by atoms with E-state index in [9.17, 15) is 0 Å². The molecule has 0 heterocycles. The SMILES string of the molecule is CC1CCC(C(N)c2ccc(C(C)C)cc2)CC1. The fourth-order valence-electron chi connectivity index (χ4n) is 3.02. The van der Waals surface area contributed by atoms with E-state index < -0.39 is 0 Å². The second kappa shape index (κ2) is 5.88. The lowest BCUT2D eigenvalue weighted by Gasteiger charge is -2.31. The van der Waals surface area contributed by atoms with Crippen LogP contribution in [0.25, 0.3) is 0 Å². The van der Waals surface area contributed by atoms with Gasteiger partial charge in [0.25, 0.3) is 0 Å². The summed E-state index contributed by atoms with van der Waals surface area (Å²) in [7, 11) is 0. The molecule has 1 atom stereocenters. The van der Waals surface area contributed by atoms with Crippen LogP contribution < -0.4 is 5.73 Å². The Morgan fingerprint density at radius 1 is 0.944 bits per heavy atom. The Kier molecular flexibility index (Phi) is 4.45. The van der Waals surface area contributed by atoms with E-state index in [1.54, 1.807) is 0 Å². The van der Waals surface area contributed by atoms with Gasteiger partial charge in [0, 0.05) is 6.04 Å². The monoisotopic (exact) mass is 245 g/mol. The summed E-state index contributed by atoms with van der Waals surface area (Å²) in [5.74, 6) is 2.19. The van der Waals surface area contributed by atoms with Gasteiger partial charge in [0.1, 0.15) is 0 Å². The number of nitrogens with two attached hydrogens (primary N) is 1. The smallest absolute Gasteiger partial charge is 0.0323 e. The Labute approximate surface area is 112 Å². The zero-order valence-electron chi connectivity index (χ0n) is 12.0.